The summed E-state index contributed by atoms with van der Waals surface area (Å²) in [7, 11) is -3.76. The summed E-state index contributed by atoms with van der Waals surface area (Å²) < 4.78 is 59.9. The predicted molar refractivity (Wildman–Crippen MR) is 187 cm³/mol. The minimum atomic E-state index is -5.05. The maximum Gasteiger partial charge on any atom is 0.397 e. The van der Waals surface area contributed by atoms with Crippen LogP contribution in [-0.4, -0.2) is 104 Å². The van der Waals surface area contributed by atoms with Gasteiger partial charge >= 0.3 is 22.3 Å². The molecule has 48 heavy (non-hydrogen) atoms. The SMILES string of the molecule is CCCCCCCCCCCCCC(=O)O[C@@H]1[C@@H](OC(=O)CCCCCCCCCCCCC)[C@@H](OC)O[C@H](CO)[C@H]1OS(=O)(=O)O.[Na]. The number of hydrogen-bond donors (Lipinski definition) is 2. The Morgan fingerprint density at radius 1 is 0.604 bits per heavy atom. The molecule has 1 fully saturated rings. The maximum absolute atomic E-state index is 12.9. The molecule has 5 atom stereocenters. The second kappa shape index (κ2) is 30.3. The number of ether oxygens (including phenoxy) is 4. The van der Waals surface area contributed by atoms with Crippen LogP contribution in [0.5, 0.6) is 0 Å². The van der Waals surface area contributed by atoms with E-state index >= 15 is 0 Å². The first-order valence-electron chi connectivity index (χ1n) is 18.5. The summed E-state index contributed by atoms with van der Waals surface area (Å²) in [6.07, 6.45) is 17.7. The smallest absolute Gasteiger partial charge is 0.397 e. The van der Waals surface area contributed by atoms with Gasteiger partial charge in [0.15, 0.2) is 18.5 Å². The van der Waals surface area contributed by atoms with E-state index in [-0.39, 0.29) is 42.4 Å². The van der Waals surface area contributed by atoms with Crippen molar-refractivity contribution in [1.29, 1.82) is 0 Å². The largest absolute Gasteiger partial charge is 0.455 e. The van der Waals surface area contributed by atoms with Crippen molar-refractivity contribution in [3.05, 3.63) is 0 Å². The molecule has 0 unspecified atom stereocenters. The Hall–Kier alpha value is -0.310. The maximum atomic E-state index is 12.9. The van der Waals surface area contributed by atoms with Crippen LogP contribution in [-0.2, 0) is 43.1 Å². The van der Waals surface area contributed by atoms with Crippen molar-refractivity contribution in [3.63, 3.8) is 0 Å². The van der Waals surface area contributed by atoms with Gasteiger partial charge in [0.05, 0.1) is 6.61 Å². The fraction of sp³-hybridized carbons (Fsp3) is 0.943. The average molecular weight is 718 g/mol. The standard InChI is InChI=1S/C35H66O11S.Na/c1-4-6-8-10-12-14-16-18-20-22-24-26-30(37)44-33-32(46-47(39,40)41)29(28-36)43-35(42-3)34(33)45-31(38)27-25-23-21-19-17-15-13-11-9-7-5-2;/h29,32-36H,4-28H2,1-3H3,(H,39,40,41);/t29-,32-,33+,34-,35+;/m1./s1. The van der Waals surface area contributed by atoms with Crippen LogP contribution < -0.4 is 0 Å². The molecule has 279 valence electrons. The van der Waals surface area contributed by atoms with E-state index in [1.165, 1.54) is 97.0 Å². The number of methoxy groups -OCH3 is 1. The average Bonchev–Trinajstić information content (AvgIpc) is 3.03. The van der Waals surface area contributed by atoms with Crippen LogP contribution in [0.3, 0.4) is 0 Å². The predicted octanol–water partition coefficient (Wildman–Crippen LogP) is 7.38. The number of carbonyl (C=O) groups excluding carboxylic acids is 2. The van der Waals surface area contributed by atoms with Crippen molar-refractivity contribution in [2.24, 2.45) is 0 Å². The molecule has 1 saturated heterocycles. The van der Waals surface area contributed by atoms with Crippen molar-refractivity contribution in [2.75, 3.05) is 13.7 Å². The first kappa shape index (κ1) is 47.7. The van der Waals surface area contributed by atoms with Gasteiger partial charge in [-0.2, -0.15) is 8.42 Å². The van der Waals surface area contributed by atoms with Crippen molar-refractivity contribution in [1.82, 2.24) is 0 Å². The Balaban J connectivity index is 0.0000221. The minimum absolute atomic E-state index is 0. The van der Waals surface area contributed by atoms with Gasteiger partial charge in [-0.3, -0.25) is 14.1 Å². The fourth-order valence-electron chi connectivity index (χ4n) is 6.02. The molecule has 0 aliphatic carbocycles. The van der Waals surface area contributed by atoms with E-state index in [1.807, 2.05) is 0 Å². The summed E-state index contributed by atoms with van der Waals surface area (Å²) in [4.78, 5) is 25.8. The molecule has 1 rings (SSSR count). The first-order chi connectivity index (χ1) is 22.7. The summed E-state index contributed by atoms with van der Waals surface area (Å²) in [6.45, 7) is 3.69. The Labute approximate surface area is 313 Å². The van der Waals surface area contributed by atoms with E-state index in [1.54, 1.807) is 0 Å². The van der Waals surface area contributed by atoms with Crippen molar-refractivity contribution in [2.45, 2.75) is 199 Å². The molecule has 1 aliphatic rings. The number of aliphatic hydroxyl groups is 1. The van der Waals surface area contributed by atoms with Crippen LogP contribution in [0, 0.1) is 0 Å². The number of hydrogen-bond acceptors (Lipinski definition) is 10. The van der Waals surface area contributed by atoms with Crippen molar-refractivity contribution >= 4 is 51.9 Å². The van der Waals surface area contributed by atoms with Gasteiger partial charge in [-0.1, -0.05) is 142 Å². The Morgan fingerprint density at radius 2 is 0.958 bits per heavy atom. The second-order valence-electron chi connectivity index (χ2n) is 12.9. The molecule has 0 aromatic rings. The van der Waals surface area contributed by atoms with E-state index in [0.717, 1.165) is 38.5 Å². The van der Waals surface area contributed by atoms with E-state index < -0.39 is 59.7 Å². The van der Waals surface area contributed by atoms with Gasteiger partial charge in [0.25, 0.3) is 0 Å². The molecular formula is C35H66NaO11S. The summed E-state index contributed by atoms with van der Waals surface area (Å²) in [6, 6.07) is 0. The van der Waals surface area contributed by atoms with Gasteiger partial charge in [0.2, 0.25) is 0 Å². The van der Waals surface area contributed by atoms with Crippen LogP contribution in [0.2, 0.25) is 0 Å². The number of aliphatic hydroxyl groups excluding tert-OH is 1. The number of rotatable bonds is 30. The van der Waals surface area contributed by atoms with E-state index in [9.17, 15) is 27.7 Å². The van der Waals surface area contributed by atoms with Gasteiger partial charge in [-0.25, -0.2) is 4.18 Å². The molecule has 0 spiro atoms. The third kappa shape index (κ3) is 23.2. The van der Waals surface area contributed by atoms with Gasteiger partial charge in [0.1, 0.15) is 12.2 Å². The van der Waals surface area contributed by atoms with Crippen LogP contribution in [0.15, 0.2) is 0 Å². The van der Waals surface area contributed by atoms with Crippen molar-refractivity contribution < 1.29 is 50.8 Å². The molecule has 1 aliphatic heterocycles. The zero-order valence-corrected chi connectivity index (χ0v) is 33.4. The molecule has 0 bridgehead atoms. The first-order valence-corrected chi connectivity index (χ1v) is 19.9. The third-order valence-corrected chi connectivity index (χ3v) is 9.21. The normalized spacial score (nSPS) is 21.1. The Bertz CT molecular complexity index is 905. The number of esters is 2. The zero-order chi connectivity index (χ0) is 34.8. The van der Waals surface area contributed by atoms with E-state index in [4.69, 9.17) is 23.1 Å². The molecule has 11 nitrogen and oxygen atoms in total. The van der Waals surface area contributed by atoms with Gasteiger partial charge in [-0.15, -0.1) is 0 Å². The van der Waals surface area contributed by atoms with Crippen LogP contribution in [0.1, 0.15) is 168 Å². The van der Waals surface area contributed by atoms with Crippen LogP contribution in [0.25, 0.3) is 0 Å². The second-order valence-corrected chi connectivity index (χ2v) is 14.0. The quantitative estimate of drug-likeness (QED) is 0.0331. The number of unbranched alkanes of at least 4 members (excludes halogenated alkanes) is 20. The molecule has 0 amide bonds. The zero-order valence-electron chi connectivity index (χ0n) is 30.5. The van der Waals surface area contributed by atoms with Gasteiger partial charge in [0, 0.05) is 49.5 Å². The molecular weight excluding hydrogens is 651 g/mol. The summed E-state index contributed by atoms with van der Waals surface area (Å²) in [5.74, 6) is -1.23. The Morgan fingerprint density at radius 3 is 1.29 bits per heavy atom. The molecule has 0 aromatic carbocycles. The van der Waals surface area contributed by atoms with Crippen LogP contribution >= 0.6 is 0 Å². The third-order valence-electron chi connectivity index (χ3n) is 8.74. The summed E-state index contributed by atoms with van der Waals surface area (Å²) in [5, 5.41) is 9.89. The van der Waals surface area contributed by atoms with E-state index in [2.05, 4.69) is 13.8 Å². The summed E-state index contributed by atoms with van der Waals surface area (Å²) in [5.41, 5.74) is 0. The number of carbonyl (C=O) groups is 2. The van der Waals surface area contributed by atoms with Gasteiger partial charge < -0.3 is 24.1 Å². The molecule has 0 aromatic heterocycles. The Kier molecular flexibility index (Phi) is 30.1. The van der Waals surface area contributed by atoms with E-state index in [0.29, 0.717) is 12.8 Å². The topological polar surface area (TPSA) is 155 Å². The van der Waals surface area contributed by atoms with Crippen molar-refractivity contribution in [3.8, 4) is 0 Å². The molecule has 13 heteroatoms. The van der Waals surface area contributed by atoms with Crippen LogP contribution in [0.4, 0.5) is 0 Å². The molecule has 2 N–H and O–H groups in total. The monoisotopic (exact) mass is 717 g/mol. The van der Waals surface area contributed by atoms with Gasteiger partial charge in [-0.05, 0) is 12.8 Å². The molecule has 1 heterocycles. The fourth-order valence-corrected chi connectivity index (χ4v) is 6.53. The summed E-state index contributed by atoms with van der Waals surface area (Å²) >= 11 is 0. The minimum Gasteiger partial charge on any atom is -0.455 e. The molecule has 0 saturated carbocycles. The molecule has 1 radical (unpaired) electrons.